The Labute approximate surface area is 114 Å². The number of hydrogen-bond donors (Lipinski definition) is 1. The predicted molar refractivity (Wildman–Crippen MR) is 73.8 cm³/mol. The van der Waals surface area contributed by atoms with Gasteiger partial charge in [0.25, 0.3) is 0 Å². The molecular weight excluding hydrogens is 240 g/mol. The Morgan fingerprint density at radius 3 is 2.74 bits per heavy atom. The van der Waals surface area contributed by atoms with E-state index in [9.17, 15) is 0 Å². The van der Waals surface area contributed by atoms with Gasteiger partial charge in [0.05, 0.1) is 12.2 Å². The minimum Gasteiger partial charge on any atom is -0.308 e. The molecule has 19 heavy (non-hydrogen) atoms. The first kappa shape index (κ1) is 13.0. The molecule has 3 rings (SSSR count). The molecule has 0 spiro atoms. The highest BCUT2D eigenvalue weighted by molar-refractivity contribution is 4.94. The van der Waals surface area contributed by atoms with Crippen LogP contribution in [0.25, 0.3) is 0 Å². The number of hydrogen-bond acceptors (Lipinski definition) is 5. The van der Waals surface area contributed by atoms with Crippen molar-refractivity contribution in [1.29, 1.82) is 0 Å². The molecule has 1 N–H and O–H groups in total. The largest absolute Gasteiger partial charge is 0.308 e. The number of likely N-dealkylation sites (N-methyl/N-ethyl adjacent to an activating group) is 1. The van der Waals surface area contributed by atoms with Crippen LogP contribution in [0.15, 0.2) is 6.20 Å². The van der Waals surface area contributed by atoms with Crippen molar-refractivity contribution in [2.75, 3.05) is 39.8 Å². The average Bonchev–Trinajstić information content (AvgIpc) is 3.15. The van der Waals surface area contributed by atoms with E-state index in [0.29, 0.717) is 0 Å². The Balaban J connectivity index is 1.39. The smallest absolute Gasteiger partial charge is 0.0964 e. The standard InChI is InChI=1S/C13H24N6/c1-17-4-6-18(7-5-17)8-9-19-11-13(15-16-19)10-14-12-2-3-12/h11-12,14H,2-10H2,1H3. The van der Waals surface area contributed by atoms with Crippen molar-refractivity contribution in [1.82, 2.24) is 30.1 Å². The van der Waals surface area contributed by atoms with Crippen LogP contribution < -0.4 is 5.32 Å². The normalized spacial score (nSPS) is 21.9. The lowest BCUT2D eigenvalue weighted by Crippen LogP contribution is -2.45. The zero-order valence-corrected chi connectivity index (χ0v) is 11.8. The molecule has 1 aliphatic heterocycles. The first-order valence-corrected chi connectivity index (χ1v) is 7.33. The fraction of sp³-hybridized carbons (Fsp3) is 0.846. The van der Waals surface area contributed by atoms with Crippen LogP contribution in [0.5, 0.6) is 0 Å². The summed E-state index contributed by atoms with van der Waals surface area (Å²) in [6, 6.07) is 0.732. The molecule has 0 aromatic carbocycles. The first-order valence-electron chi connectivity index (χ1n) is 7.33. The Morgan fingerprint density at radius 1 is 1.21 bits per heavy atom. The topological polar surface area (TPSA) is 49.2 Å². The highest BCUT2D eigenvalue weighted by Crippen LogP contribution is 2.18. The Kier molecular flexibility index (Phi) is 4.10. The van der Waals surface area contributed by atoms with Gasteiger partial charge in [-0.3, -0.25) is 9.58 Å². The van der Waals surface area contributed by atoms with Gasteiger partial charge in [0, 0.05) is 51.5 Å². The van der Waals surface area contributed by atoms with Gasteiger partial charge in [0.15, 0.2) is 0 Å². The van der Waals surface area contributed by atoms with Crippen molar-refractivity contribution in [2.45, 2.75) is 32.0 Å². The molecule has 0 unspecified atom stereocenters. The zero-order valence-electron chi connectivity index (χ0n) is 11.8. The van der Waals surface area contributed by atoms with Gasteiger partial charge in [-0.15, -0.1) is 5.10 Å². The van der Waals surface area contributed by atoms with Gasteiger partial charge in [0.1, 0.15) is 0 Å². The van der Waals surface area contributed by atoms with E-state index in [1.54, 1.807) is 0 Å². The molecule has 0 amide bonds. The van der Waals surface area contributed by atoms with Gasteiger partial charge in [-0.05, 0) is 19.9 Å². The van der Waals surface area contributed by atoms with Crippen molar-refractivity contribution >= 4 is 0 Å². The molecule has 106 valence electrons. The number of nitrogens with zero attached hydrogens (tertiary/aromatic N) is 5. The SMILES string of the molecule is CN1CCN(CCn2cc(CNC3CC3)nn2)CC1. The second kappa shape index (κ2) is 5.98. The van der Waals surface area contributed by atoms with Gasteiger partial charge in [-0.25, -0.2) is 0 Å². The van der Waals surface area contributed by atoms with E-state index in [1.807, 2.05) is 4.68 Å². The fourth-order valence-corrected chi connectivity index (χ4v) is 2.38. The summed E-state index contributed by atoms with van der Waals surface area (Å²) >= 11 is 0. The quantitative estimate of drug-likeness (QED) is 0.770. The third kappa shape index (κ3) is 3.99. The van der Waals surface area contributed by atoms with Crippen molar-refractivity contribution in [2.24, 2.45) is 0 Å². The molecule has 1 aliphatic carbocycles. The van der Waals surface area contributed by atoms with E-state index in [0.717, 1.165) is 31.4 Å². The Hall–Kier alpha value is -0.980. The summed E-state index contributed by atoms with van der Waals surface area (Å²) in [7, 11) is 2.19. The molecule has 2 heterocycles. The van der Waals surface area contributed by atoms with Crippen LogP contribution in [0.2, 0.25) is 0 Å². The monoisotopic (exact) mass is 264 g/mol. The molecule has 1 aromatic heterocycles. The second-order valence-electron chi connectivity index (χ2n) is 5.77. The van der Waals surface area contributed by atoms with Crippen molar-refractivity contribution in [3.05, 3.63) is 11.9 Å². The maximum atomic E-state index is 4.22. The molecule has 1 aromatic rings. The molecule has 6 nitrogen and oxygen atoms in total. The second-order valence-corrected chi connectivity index (χ2v) is 5.77. The summed E-state index contributed by atoms with van der Waals surface area (Å²) in [5, 5.41) is 11.9. The van der Waals surface area contributed by atoms with Crippen molar-refractivity contribution in [3.8, 4) is 0 Å². The van der Waals surface area contributed by atoms with Crippen LogP contribution in [0.4, 0.5) is 0 Å². The van der Waals surface area contributed by atoms with E-state index >= 15 is 0 Å². The van der Waals surface area contributed by atoms with Crippen LogP contribution in [0.3, 0.4) is 0 Å². The summed E-state index contributed by atoms with van der Waals surface area (Å²) in [4.78, 5) is 4.89. The van der Waals surface area contributed by atoms with Crippen LogP contribution in [-0.4, -0.2) is 70.6 Å². The maximum Gasteiger partial charge on any atom is 0.0964 e. The molecule has 6 heteroatoms. The van der Waals surface area contributed by atoms with Crippen LogP contribution in [-0.2, 0) is 13.1 Å². The van der Waals surface area contributed by atoms with Crippen molar-refractivity contribution in [3.63, 3.8) is 0 Å². The van der Waals surface area contributed by atoms with E-state index < -0.39 is 0 Å². The van der Waals surface area contributed by atoms with Crippen LogP contribution in [0, 0.1) is 0 Å². The number of aromatic nitrogens is 3. The summed E-state index contributed by atoms with van der Waals surface area (Å²) in [6.45, 7) is 7.57. The van der Waals surface area contributed by atoms with Gasteiger partial charge >= 0.3 is 0 Å². The molecule has 0 bridgehead atoms. The third-order valence-electron chi connectivity index (χ3n) is 3.98. The number of piperazine rings is 1. The minimum absolute atomic E-state index is 0.732. The summed E-state index contributed by atoms with van der Waals surface area (Å²) < 4.78 is 1.97. The summed E-state index contributed by atoms with van der Waals surface area (Å²) in [5.41, 5.74) is 1.06. The Bertz CT molecular complexity index is 392. The molecule has 1 saturated heterocycles. The maximum absolute atomic E-state index is 4.22. The minimum atomic E-state index is 0.732. The highest BCUT2D eigenvalue weighted by Gasteiger charge is 2.20. The third-order valence-corrected chi connectivity index (χ3v) is 3.98. The lowest BCUT2D eigenvalue weighted by atomic mass is 10.3. The van der Waals surface area contributed by atoms with E-state index in [1.165, 1.54) is 39.0 Å². The van der Waals surface area contributed by atoms with Gasteiger partial charge in [-0.2, -0.15) is 0 Å². The molecule has 0 atom stereocenters. The van der Waals surface area contributed by atoms with Crippen LogP contribution in [0.1, 0.15) is 18.5 Å². The number of rotatable bonds is 6. The van der Waals surface area contributed by atoms with E-state index in [2.05, 4.69) is 38.7 Å². The van der Waals surface area contributed by atoms with E-state index in [4.69, 9.17) is 0 Å². The Morgan fingerprint density at radius 2 is 2.00 bits per heavy atom. The fourth-order valence-electron chi connectivity index (χ4n) is 2.38. The molecule has 2 aliphatic rings. The first-order chi connectivity index (χ1) is 9.29. The molecular formula is C13H24N6. The summed E-state index contributed by atoms with van der Waals surface area (Å²) in [5.74, 6) is 0. The van der Waals surface area contributed by atoms with Gasteiger partial charge in [0.2, 0.25) is 0 Å². The molecule has 1 saturated carbocycles. The predicted octanol–water partition coefficient (Wildman–Crippen LogP) is -0.222. The van der Waals surface area contributed by atoms with Gasteiger partial charge in [-0.1, -0.05) is 5.21 Å². The lowest BCUT2D eigenvalue weighted by Gasteiger charge is -2.32. The molecule has 2 fully saturated rings. The zero-order chi connectivity index (χ0) is 13.1. The van der Waals surface area contributed by atoms with Crippen molar-refractivity contribution < 1.29 is 0 Å². The average molecular weight is 264 g/mol. The van der Waals surface area contributed by atoms with E-state index in [-0.39, 0.29) is 0 Å². The van der Waals surface area contributed by atoms with Crippen LogP contribution >= 0.6 is 0 Å². The lowest BCUT2D eigenvalue weighted by molar-refractivity contribution is 0.148. The number of nitrogens with one attached hydrogen (secondary N) is 1. The van der Waals surface area contributed by atoms with Gasteiger partial charge < -0.3 is 10.2 Å². The molecule has 0 radical (unpaired) electrons. The highest BCUT2D eigenvalue weighted by atomic mass is 15.4. The summed E-state index contributed by atoms with van der Waals surface area (Å²) in [6.07, 6.45) is 4.71.